The summed E-state index contributed by atoms with van der Waals surface area (Å²) >= 11 is 0. The van der Waals surface area contributed by atoms with E-state index < -0.39 is 0 Å². The molecule has 0 radical (unpaired) electrons. The second-order valence-corrected chi connectivity index (χ2v) is 4.66. The first-order valence-electron chi connectivity index (χ1n) is 6.36. The van der Waals surface area contributed by atoms with E-state index >= 15 is 0 Å². The van der Waals surface area contributed by atoms with Crippen molar-refractivity contribution in [3.05, 3.63) is 59.7 Å². The van der Waals surface area contributed by atoms with Crippen molar-refractivity contribution < 1.29 is 4.84 Å². The molecule has 0 spiro atoms. The average molecular weight is 239 g/mol. The van der Waals surface area contributed by atoms with Crippen LogP contribution in [0.4, 0.5) is 0 Å². The van der Waals surface area contributed by atoms with Gasteiger partial charge in [-0.3, -0.25) is 0 Å². The average Bonchev–Trinajstić information content (AvgIpc) is 2.58. The molecule has 18 heavy (non-hydrogen) atoms. The molecule has 0 heterocycles. The van der Waals surface area contributed by atoms with Crippen LogP contribution in [0.5, 0.6) is 0 Å². The Labute approximate surface area is 108 Å². The number of benzene rings is 2. The smallest absolute Gasteiger partial charge is 0.0580 e. The van der Waals surface area contributed by atoms with Crippen LogP contribution >= 0.6 is 0 Å². The highest BCUT2D eigenvalue weighted by atomic mass is 16.6. The van der Waals surface area contributed by atoms with E-state index in [1.54, 1.807) is 7.11 Å². The van der Waals surface area contributed by atoms with Gasteiger partial charge in [0.05, 0.1) is 13.2 Å². The fraction of sp³-hybridized carbons (Fsp3) is 0.250. The maximum atomic E-state index is 5.14. The third-order valence-corrected chi connectivity index (χ3v) is 3.61. The van der Waals surface area contributed by atoms with Gasteiger partial charge in [0.2, 0.25) is 0 Å². The van der Waals surface area contributed by atoms with E-state index in [9.17, 15) is 0 Å². The largest absolute Gasteiger partial charge is 0.305 e. The molecule has 0 saturated carbocycles. The lowest BCUT2D eigenvalue weighted by Crippen LogP contribution is -2.20. The minimum absolute atomic E-state index is 0.263. The maximum absolute atomic E-state index is 5.14. The second kappa shape index (κ2) is 4.92. The van der Waals surface area contributed by atoms with Gasteiger partial charge in [0, 0.05) is 0 Å². The van der Waals surface area contributed by atoms with Gasteiger partial charge in [-0.15, -0.1) is 0 Å². The van der Waals surface area contributed by atoms with Gasteiger partial charge in [0.15, 0.2) is 0 Å². The van der Waals surface area contributed by atoms with Crippen molar-refractivity contribution in [3.63, 3.8) is 0 Å². The lowest BCUT2D eigenvalue weighted by atomic mass is 9.96. The first-order chi connectivity index (χ1) is 8.90. The molecule has 0 amide bonds. The fourth-order valence-electron chi connectivity index (χ4n) is 2.77. The number of rotatable bonds is 2. The molecule has 0 aromatic heterocycles. The summed E-state index contributed by atoms with van der Waals surface area (Å²) in [4.78, 5) is 5.14. The van der Waals surface area contributed by atoms with E-state index in [1.165, 1.54) is 22.3 Å². The minimum atomic E-state index is 0.263. The summed E-state index contributed by atoms with van der Waals surface area (Å²) in [5.41, 5.74) is 8.54. The van der Waals surface area contributed by atoms with Crippen LogP contribution in [-0.2, 0) is 11.3 Å². The number of fused-ring (bicyclic) bond motifs is 3. The Hall–Kier alpha value is -1.64. The molecular weight excluding hydrogens is 222 g/mol. The highest BCUT2D eigenvalue weighted by molar-refractivity contribution is 5.72. The molecule has 3 rings (SSSR count). The van der Waals surface area contributed by atoms with Crippen molar-refractivity contribution in [2.75, 3.05) is 7.11 Å². The highest BCUT2D eigenvalue weighted by Gasteiger charge is 2.21. The monoisotopic (exact) mass is 239 g/mol. The molecule has 92 valence electrons. The van der Waals surface area contributed by atoms with Gasteiger partial charge in [-0.1, -0.05) is 48.5 Å². The summed E-state index contributed by atoms with van der Waals surface area (Å²) in [6.45, 7) is 0. The molecule has 0 fully saturated rings. The van der Waals surface area contributed by atoms with E-state index in [4.69, 9.17) is 4.84 Å². The zero-order chi connectivity index (χ0) is 12.4. The lowest BCUT2D eigenvalue weighted by molar-refractivity contribution is 0.0583. The Balaban J connectivity index is 2.15. The Morgan fingerprint density at radius 2 is 1.72 bits per heavy atom. The van der Waals surface area contributed by atoms with E-state index in [2.05, 4.69) is 54.0 Å². The predicted octanol–water partition coefficient (Wildman–Crippen LogP) is 3.49. The molecule has 0 saturated heterocycles. The third-order valence-electron chi connectivity index (χ3n) is 3.61. The molecule has 2 nitrogen and oxygen atoms in total. The molecule has 1 aliphatic rings. The normalized spacial score (nSPS) is 17.7. The molecule has 1 aliphatic carbocycles. The number of nitrogens with one attached hydrogen (secondary N) is 1. The first kappa shape index (κ1) is 11.5. The minimum Gasteiger partial charge on any atom is -0.305 e. The topological polar surface area (TPSA) is 21.3 Å². The Kier molecular flexibility index (Phi) is 3.13. The van der Waals surface area contributed by atoms with Crippen molar-refractivity contribution in [2.45, 2.75) is 18.9 Å². The van der Waals surface area contributed by atoms with Crippen LogP contribution in [-0.4, -0.2) is 7.11 Å². The number of aryl methyl sites for hydroxylation is 1. The van der Waals surface area contributed by atoms with Crippen LogP contribution in [0.2, 0.25) is 0 Å². The number of hydroxylamine groups is 1. The van der Waals surface area contributed by atoms with Gasteiger partial charge < -0.3 is 4.84 Å². The van der Waals surface area contributed by atoms with E-state index in [0.29, 0.717) is 0 Å². The van der Waals surface area contributed by atoms with Crippen LogP contribution in [0.3, 0.4) is 0 Å². The Morgan fingerprint density at radius 3 is 2.56 bits per heavy atom. The van der Waals surface area contributed by atoms with Gasteiger partial charge >= 0.3 is 0 Å². The molecule has 0 aliphatic heterocycles. The first-order valence-corrected chi connectivity index (χ1v) is 6.36. The molecule has 1 atom stereocenters. The molecular formula is C16H17NO. The van der Waals surface area contributed by atoms with Crippen molar-refractivity contribution >= 4 is 0 Å². The van der Waals surface area contributed by atoms with E-state index in [0.717, 1.165) is 12.8 Å². The molecule has 1 unspecified atom stereocenters. The Bertz CT molecular complexity index is 550. The van der Waals surface area contributed by atoms with Crippen LogP contribution in [0.25, 0.3) is 11.1 Å². The van der Waals surface area contributed by atoms with Crippen LogP contribution in [0.1, 0.15) is 23.6 Å². The Morgan fingerprint density at radius 1 is 1.00 bits per heavy atom. The van der Waals surface area contributed by atoms with Crippen molar-refractivity contribution in [2.24, 2.45) is 0 Å². The standard InChI is InChI=1S/C16H17NO/c1-18-17-16-11-10-12-6-2-3-7-13(12)14-8-4-5-9-15(14)16/h2-9,16-17H,10-11H2,1H3. The summed E-state index contributed by atoms with van der Waals surface area (Å²) in [6.07, 6.45) is 2.13. The fourth-order valence-corrected chi connectivity index (χ4v) is 2.77. The van der Waals surface area contributed by atoms with Gasteiger partial charge in [-0.25, -0.2) is 0 Å². The second-order valence-electron chi connectivity index (χ2n) is 4.66. The molecule has 2 aromatic rings. The van der Waals surface area contributed by atoms with E-state index in [1.807, 2.05) is 0 Å². The molecule has 2 aromatic carbocycles. The number of hydrogen-bond acceptors (Lipinski definition) is 2. The molecule has 0 bridgehead atoms. The summed E-state index contributed by atoms with van der Waals surface area (Å²) in [7, 11) is 1.68. The zero-order valence-electron chi connectivity index (χ0n) is 10.5. The summed E-state index contributed by atoms with van der Waals surface area (Å²) in [6, 6.07) is 17.5. The molecule has 1 N–H and O–H groups in total. The van der Waals surface area contributed by atoms with Crippen molar-refractivity contribution in [1.29, 1.82) is 0 Å². The lowest BCUT2D eigenvalue weighted by Gasteiger charge is -2.17. The maximum Gasteiger partial charge on any atom is 0.0580 e. The van der Waals surface area contributed by atoms with Crippen LogP contribution in [0.15, 0.2) is 48.5 Å². The summed E-state index contributed by atoms with van der Waals surface area (Å²) < 4.78 is 0. The summed E-state index contributed by atoms with van der Waals surface area (Å²) in [5.74, 6) is 0. The van der Waals surface area contributed by atoms with Crippen LogP contribution in [0, 0.1) is 0 Å². The highest BCUT2D eigenvalue weighted by Crippen LogP contribution is 2.36. The van der Waals surface area contributed by atoms with Gasteiger partial charge in [0.1, 0.15) is 0 Å². The quantitative estimate of drug-likeness (QED) is 0.810. The SMILES string of the molecule is CONC1CCc2ccccc2-c2ccccc21. The van der Waals surface area contributed by atoms with Gasteiger partial charge in [-0.2, -0.15) is 5.48 Å². The number of hydrogen-bond donors (Lipinski definition) is 1. The zero-order valence-corrected chi connectivity index (χ0v) is 10.5. The van der Waals surface area contributed by atoms with Gasteiger partial charge in [0.25, 0.3) is 0 Å². The van der Waals surface area contributed by atoms with Gasteiger partial charge in [-0.05, 0) is 35.1 Å². The van der Waals surface area contributed by atoms with Crippen LogP contribution < -0.4 is 5.48 Å². The summed E-state index contributed by atoms with van der Waals surface area (Å²) in [5, 5.41) is 0. The predicted molar refractivity (Wildman–Crippen MR) is 73.1 cm³/mol. The van der Waals surface area contributed by atoms with E-state index in [-0.39, 0.29) is 6.04 Å². The molecule has 2 heteroatoms. The van der Waals surface area contributed by atoms with Crippen molar-refractivity contribution in [3.8, 4) is 11.1 Å². The third kappa shape index (κ3) is 1.94. The van der Waals surface area contributed by atoms with Crippen molar-refractivity contribution in [1.82, 2.24) is 5.48 Å².